The minimum atomic E-state index is -0.589. The van der Waals surface area contributed by atoms with Crippen LogP contribution in [0.4, 0.5) is 27.5 Å². The average Bonchev–Trinajstić information content (AvgIpc) is 3.28. The lowest BCUT2D eigenvalue weighted by Crippen LogP contribution is -2.47. The lowest BCUT2D eigenvalue weighted by molar-refractivity contribution is -0.123. The van der Waals surface area contributed by atoms with Gasteiger partial charge in [-0.25, -0.2) is 9.37 Å². The highest BCUT2D eigenvalue weighted by atomic mass is 19.1. The van der Waals surface area contributed by atoms with E-state index in [1.807, 2.05) is 0 Å². The number of aromatic nitrogens is 2. The number of hydrogen-bond donors (Lipinski definition) is 5. The van der Waals surface area contributed by atoms with E-state index < -0.39 is 5.82 Å². The molecule has 0 spiro atoms. The van der Waals surface area contributed by atoms with Crippen molar-refractivity contribution in [2.75, 3.05) is 29.0 Å². The van der Waals surface area contributed by atoms with E-state index in [4.69, 9.17) is 5.73 Å². The van der Waals surface area contributed by atoms with Crippen LogP contribution >= 0.6 is 0 Å². The summed E-state index contributed by atoms with van der Waals surface area (Å²) in [6.45, 7) is 0.816. The van der Waals surface area contributed by atoms with Crippen LogP contribution in [-0.2, 0) is 9.59 Å². The molecule has 6 N–H and O–H groups in total. The second-order valence-electron chi connectivity index (χ2n) is 8.53. The molecule has 2 fully saturated rings. The fourth-order valence-corrected chi connectivity index (χ4v) is 5.40. The molecule has 9 nitrogen and oxygen atoms in total. The molecule has 2 heterocycles. The molecule has 5 atom stereocenters. The fraction of sp³-hybridized carbons (Fsp3) is 0.429. The Balaban J connectivity index is 1.50. The zero-order valence-corrected chi connectivity index (χ0v) is 16.8. The third kappa shape index (κ3) is 3.78. The summed E-state index contributed by atoms with van der Waals surface area (Å²) < 4.78 is 14.6. The number of fused-ring (bicyclic) bond motifs is 5. The minimum Gasteiger partial charge on any atom is -0.369 e. The van der Waals surface area contributed by atoms with Gasteiger partial charge < -0.3 is 27.0 Å². The topological polar surface area (TPSA) is 134 Å². The van der Waals surface area contributed by atoms with Gasteiger partial charge in [-0.05, 0) is 55.3 Å². The molecule has 1 aliphatic heterocycles. The molecule has 10 heteroatoms. The molecule has 2 aliphatic carbocycles. The van der Waals surface area contributed by atoms with Crippen molar-refractivity contribution in [3.63, 3.8) is 0 Å². The number of nitrogens with two attached hydrogens (primary N) is 1. The number of rotatable bonds is 1. The van der Waals surface area contributed by atoms with E-state index >= 15 is 0 Å². The highest BCUT2D eigenvalue weighted by Gasteiger charge is 2.54. The summed E-state index contributed by atoms with van der Waals surface area (Å²) in [5, 5.41) is 12.3. The lowest BCUT2D eigenvalue weighted by Gasteiger charge is -2.35. The molecule has 5 rings (SSSR count). The summed E-state index contributed by atoms with van der Waals surface area (Å²) in [6.07, 6.45) is 2.79. The van der Waals surface area contributed by atoms with Crippen molar-refractivity contribution in [2.24, 2.45) is 29.4 Å². The molecular weight excluding hydrogens is 401 g/mol. The van der Waals surface area contributed by atoms with Crippen LogP contribution < -0.4 is 27.0 Å². The third-order valence-corrected chi connectivity index (χ3v) is 6.61. The Morgan fingerprint density at radius 3 is 2.77 bits per heavy atom. The predicted molar refractivity (Wildman–Crippen MR) is 113 cm³/mol. The van der Waals surface area contributed by atoms with Gasteiger partial charge >= 0.3 is 0 Å². The van der Waals surface area contributed by atoms with Crippen molar-refractivity contribution in [3.05, 3.63) is 36.3 Å². The maximum absolute atomic E-state index is 14.6. The van der Waals surface area contributed by atoms with Gasteiger partial charge in [-0.3, -0.25) is 9.59 Å². The monoisotopic (exact) mass is 425 g/mol. The molecule has 2 aromatic rings. The predicted octanol–water partition coefficient (Wildman–Crippen LogP) is 1.44. The van der Waals surface area contributed by atoms with Gasteiger partial charge in [0.2, 0.25) is 17.8 Å². The Hall–Kier alpha value is -3.27. The van der Waals surface area contributed by atoms with Gasteiger partial charge in [-0.2, -0.15) is 4.98 Å². The maximum Gasteiger partial charge on any atom is 0.238 e. The largest absolute Gasteiger partial charge is 0.369 e. The Morgan fingerprint density at radius 1 is 1.16 bits per heavy atom. The van der Waals surface area contributed by atoms with E-state index in [-0.39, 0.29) is 59.8 Å². The molecule has 1 aromatic carbocycles. The molecule has 3 aliphatic rings. The Labute approximate surface area is 178 Å². The second kappa shape index (κ2) is 7.77. The summed E-state index contributed by atoms with van der Waals surface area (Å²) in [5.74, 6) is -0.719. The number of nitrogens with one attached hydrogen (secondary N) is 4. The molecular formula is C21H24FN7O2. The van der Waals surface area contributed by atoms with Crippen LogP contribution in [0.25, 0.3) is 0 Å². The number of halogens is 1. The van der Waals surface area contributed by atoms with Crippen molar-refractivity contribution in [1.29, 1.82) is 0 Å². The van der Waals surface area contributed by atoms with Crippen LogP contribution in [0.2, 0.25) is 0 Å². The van der Waals surface area contributed by atoms with Gasteiger partial charge in [0.25, 0.3) is 0 Å². The third-order valence-electron chi connectivity index (χ3n) is 6.61. The molecule has 162 valence electrons. The summed E-state index contributed by atoms with van der Waals surface area (Å²) in [5.41, 5.74) is 6.98. The van der Waals surface area contributed by atoms with Crippen molar-refractivity contribution in [3.8, 4) is 0 Å². The summed E-state index contributed by atoms with van der Waals surface area (Å²) in [7, 11) is 0. The van der Waals surface area contributed by atoms with Crippen LogP contribution in [0, 0.1) is 29.5 Å². The van der Waals surface area contributed by atoms with Crippen LogP contribution in [0.1, 0.15) is 12.8 Å². The molecule has 1 aromatic heterocycles. The standard InChI is InChI=1S/C21H24FN7O2/c22-15-8-25-21-27-13-3-1-2-12(6-13)26-16(30)9-24-7-11-4-10-5-14(11)18(17(10)19(23)31)28-20(15)29-21/h1-3,6,8,10-11,14,17-18,24H,4-5,7,9H2,(H2,23,31)(H,26,30)(H2,25,27,28,29)/t10-,11+,14-,17+,18-/m1/s1. The van der Waals surface area contributed by atoms with Crippen LogP contribution in [-0.4, -0.2) is 40.9 Å². The van der Waals surface area contributed by atoms with Crippen molar-refractivity contribution < 1.29 is 14.0 Å². The SMILES string of the molecule is NC(=O)[C@H]1[C@@H]2C[C@H]3CNCC(=O)Nc4cccc(c4)Nc4ncc(F)c(n4)N[C@@H]1[C@@H]3C2. The zero-order chi connectivity index (χ0) is 21.5. The van der Waals surface area contributed by atoms with E-state index in [2.05, 4.69) is 31.2 Å². The first-order chi connectivity index (χ1) is 15.0. The number of hydrogen-bond acceptors (Lipinski definition) is 7. The summed E-state index contributed by atoms with van der Waals surface area (Å²) >= 11 is 0. The number of amides is 2. The van der Waals surface area contributed by atoms with Crippen LogP contribution in [0.15, 0.2) is 30.5 Å². The minimum absolute atomic E-state index is 0.0459. The zero-order valence-electron chi connectivity index (χ0n) is 16.8. The van der Waals surface area contributed by atoms with Gasteiger partial charge in [0.1, 0.15) is 0 Å². The fourth-order valence-electron chi connectivity index (χ4n) is 5.40. The van der Waals surface area contributed by atoms with Crippen molar-refractivity contribution in [1.82, 2.24) is 15.3 Å². The maximum atomic E-state index is 14.6. The normalized spacial score (nSPS) is 29.6. The van der Waals surface area contributed by atoms with Crippen molar-refractivity contribution >= 4 is 35.0 Å². The average molecular weight is 425 g/mol. The Morgan fingerprint density at radius 2 is 1.97 bits per heavy atom. The van der Waals surface area contributed by atoms with E-state index in [1.54, 1.807) is 24.3 Å². The molecule has 6 bridgehead atoms. The molecule has 0 radical (unpaired) electrons. The van der Waals surface area contributed by atoms with Crippen LogP contribution in [0.5, 0.6) is 0 Å². The molecule has 0 saturated heterocycles. The van der Waals surface area contributed by atoms with Crippen LogP contribution in [0.3, 0.4) is 0 Å². The first kappa shape index (κ1) is 19.7. The first-order valence-electron chi connectivity index (χ1n) is 10.4. The van der Waals surface area contributed by atoms with Gasteiger partial charge in [-0.1, -0.05) is 6.07 Å². The Kier molecular flexibility index (Phi) is 4.93. The second-order valence-corrected chi connectivity index (χ2v) is 8.53. The number of carbonyl (C=O) groups is 2. The number of primary amides is 1. The van der Waals surface area contributed by atoms with Gasteiger partial charge in [0, 0.05) is 17.4 Å². The summed E-state index contributed by atoms with van der Waals surface area (Å²) in [4.78, 5) is 32.8. The molecule has 0 unspecified atom stereocenters. The van der Waals surface area contributed by atoms with Crippen molar-refractivity contribution in [2.45, 2.75) is 18.9 Å². The summed E-state index contributed by atoms with van der Waals surface area (Å²) in [6, 6.07) is 6.79. The highest BCUT2D eigenvalue weighted by Crippen LogP contribution is 2.52. The van der Waals surface area contributed by atoms with E-state index in [9.17, 15) is 14.0 Å². The number of nitrogens with zero attached hydrogens (tertiary/aromatic N) is 2. The quantitative estimate of drug-likeness (QED) is 0.467. The molecule has 2 amide bonds. The lowest BCUT2D eigenvalue weighted by atomic mass is 9.77. The van der Waals surface area contributed by atoms with E-state index in [0.29, 0.717) is 17.9 Å². The van der Waals surface area contributed by atoms with Gasteiger partial charge in [-0.15, -0.1) is 0 Å². The smallest absolute Gasteiger partial charge is 0.238 e. The number of carbonyl (C=O) groups excluding carboxylic acids is 2. The van der Waals surface area contributed by atoms with Gasteiger partial charge in [0.05, 0.1) is 18.7 Å². The van der Waals surface area contributed by atoms with E-state index in [1.165, 1.54) is 0 Å². The highest BCUT2D eigenvalue weighted by molar-refractivity contribution is 5.92. The van der Waals surface area contributed by atoms with Gasteiger partial charge in [0.15, 0.2) is 11.6 Å². The molecule has 2 saturated carbocycles. The Bertz CT molecular complexity index is 1030. The first-order valence-corrected chi connectivity index (χ1v) is 10.4. The number of benzene rings is 1. The molecule has 31 heavy (non-hydrogen) atoms. The number of anilines is 4. The van der Waals surface area contributed by atoms with E-state index in [0.717, 1.165) is 19.0 Å².